The Labute approximate surface area is 96.8 Å². The fourth-order valence-corrected chi connectivity index (χ4v) is 4.68. The molecule has 90 valence electrons. The van der Waals surface area contributed by atoms with Crippen molar-refractivity contribution >= 4 is 0 Å². The lowest BCUT2D eigenvalue weighted by Gasteiger charge is -2.29. The molecule has 1 aliphatic carbocycles. The Hall–Kier alpha value is 0. The summed E-state index contributed by atoms with van der Waals surface area (Å²) < 4.78 is 0. The lowest BCUT2D eigenvalue weighted by Crippen LogP contribution is -2.23. The van der Waals surface area contributed by atoms with Crippen molar-refractivity contribution in [2.45, 2.75) is 55.4 Å². The summed E-state index contributed by atoms with van der Waals surface area (Å²) in [6.45, 7) is 19.4. The lowest BCUT2D eigenvalue weighted by molar-refractivity contribution is 0.190. The maximum Gasteiger partial charge on any atom is -0.0184 e. The van der Waals surface area contributed by atoms with Crippen LogP contribution in [0.1, 0.15) is 55.4 Å². The Balaban J connectivity index is 2.99. The predicted octanol–water partition coefficient (Wildman–Crippen LogP) is 4.84. The van der Waals surface area contributed by atoms with Crippen LogP contribution in [0.15, 0.2) is 0 Å². The maximum atomic E-state index is 2.43. The molecule has 0 aromatic heterocycles. The van der Waals surface area contributed by atoms with E-state index < -0.39 is 0 Å². The van der Waals surface area contributed by atoms with Crippen LogP contribution in [0.2, 0.25) is 0 Å². The number of hydrogen-bond acceptors (Lipinski definition) is 0. The van der Waals surface area contributed by atoms with Crippen molar-refractivity contribution in [1.29, 1.82) is 0 Å². The van der Waals surface area contributed by atoms with E-state index in [1.807, 2.05) is 0 Å². The molecule has 0 N–H and O–H groups in total. The Morgan fingerprint density at radius 3 is 0.933 bits per heavy atom. The first kappa shape index (κ1) is 13.1. The summed E-state index contributed by atoms with van der Waals surface area (Å²) in [5, 5.41) is 0. The SMILES string of the molecule is CC(C)C1C(C(C)C)C1(C(C)C)C(C)C. The van der Waals surface area contributed by atoms with E-state index in [1.54, 1.807) is 0 Å². The van der Waals surface area contributed by atoms with Crippen LogP contribution in [-0.2, 0) is 0 Å². The summed E-state index contributed by atoms with van der Waals surface area (Å²) >= 11 is 0. The molecule has 0 aliphatic heterocycles. The molecule has 15 heavy (non-hydrogen) atoms. The number of rotatable bonds is 4. The average Bonchev–Trinajstić information content (AvgIpc) is 2.73. The monoisotopic (exact) mass is 210 g/mol. The molecule has 0 aromatic carbocycles. The van der Waals surface area contributed by atoms with Gasteiger partial charge in [-0.1, -0.05) is 55.4 Å². The van der Waals surface area contributed by atoms with Gasteiger partial charge in [-0.2, -0.15) is 0 Å². The quantitative estimate of drug-likeness (QED) is 0.622. The van der Waals surface area contributed by atoms with Gasteiger partial charge in [-0.05, 0) is 40.9 Å². The molecule has 1 fully saturated rings. The lowest BCUT2D eigenvalue weighted by atomic mass is 9.76. The standard InChI is InChI=1S/C15H30/c1-9(2)13-14(10(3)4)15(13,11(5)6)12(7)8/h9-14H,1-8H3. The molecule has 0 spiro atoms. The molecule has 0 amide bonds. The van der Waals surface area contributed by atoms with Crippen molar-refractivity contribution in [3.8, 4) is 0 Å². The third-order valence-electron chi connectivity index (χ3n) is 4.87. The molecule has 2 atom stereocenters. The Morgan fingerprint density at radius 1 is 0.600 bits per heavy atom. The zero-order valence-electron chi connectivity index (χ0n) is 12.0. The van der Waals surface area contributed by atoms with Crippen molar-refractivity contribution in [2.75, 3.05) is 0 Å². The van der Waals surface area contributed by atoms with Crippen molar-refractivity contribution in [2.24, 2.45) is 40.9 Å². The zero-order valence-corrected chi connectivity index (χ0v) is 12.0. The molecular weight excluding hydrogens is 180 g/mol. The second-order valence-corrected chi connectivity index (χ2v) is 6.85. The molecule has 0 aromatic rings. The minimum Gasteiger partial charge on any atom is -0.0625 e. The Kier molecular flexibility index (Phi) is 3.58. The van der Waals surface area contributed by atoms with E-state index in [9.17, 15) is 0 Å². The van der Waals surface area contributed by atoms with Gasteiger partial charge in [0.2, 0.25) is 0 Å². The van der Waals surface area contributed by atoms with Gasteiger partial charge in [-0.3, -0.25) is 0 Å². The second-order valence-electron chi connectivity index (χ2n) is 6.85. The highest BCUT2D eigenvalue weighted by Gasteiger charge is 2.68. The van der Waals surface area contributed by atoms with Crippen LogP contribution in [0.5, 0.6) is 0 Å². The van der Waals surface area contributed by atoms with Gasteiger partial charge < -0.3 is 0 Å². The third kappa shape index (κ3) is 1.74. The van der Waals surface area contributed by atoms with Crippen molar-refractivity contribution in [3.63, 3.8) is 0 Å². The van der Waals surface area contributed by atoms with Gasteiger partial charge in [-0.15, -0.1) is 0 Å². The maximum absolute atomic E-state index is 2.43. The summed E-state index contributed by atoms with van der Waals surface area (Å²) in [6.07, 6.45) is 0. The van der Waals surface area contributed by atoms with E-state index >= 15 is 0 Å². The van der Waals surface area contributed by atoms with Crippen LogP contribution in [0, 0.1) is 40.9 Å². The van der Waals surface area contributed by atoms with E-state index in [-0.39, 0.29) is 0 Å². The molecule has 2 unspecified atom stereocenters. The van der Waals surface area contributed by atoms with Gasteiger partial charge in [0.05, 0.1) is 0 Å². The normalized spacial score (nSPS) is 29.6. The molecule has 0 saturated heterocycles. The molecule has 0 heteroatoms. The third-order valence-corrected chi connectivity index (χ3v) is 4.87. The highest BCUT2D eigenvalue weighted by atomic mass is 14.7. The van der Waals surface area contributed by atoms with E-state index in [2.05, 4.69) is 55.4 Å². The fourth-order valence-electron chi connectivity index (χ4n) is 4.68. The first-order valence-electron chi connectivity index (χ1n) is 6.77. The second kappa shape index (κ2) is 4.11. The Morgan fingerprint density at radius 2 is 0.867 bits per heavy atom. The van der Waals surface area contributed by atoms with Crippen LogP contribution in [0.25, 0.3) is 0 Å². The Bertz CT molecular complexity index is 186. The molecule has 0 heterocycles. The summed E-state index contributed by atoms with van der Waals surface area (Å²) in [5.41, 5.74) is 0.627. The molecule has 0 nitrogen and oxygen atoms in total. The predicted molar refractivity (Wildman–Crippen MR) is 68.8 cm³/mol. The smallest absolute Gasteiger partial charge is 0.0184 e. The van der Waals surface area contributed by atoms with E-state index in [1.165, 1.54) is 0 Å². The van der Waals surface area contributed by atoms with E-state index in [4.69, 9.17) is 0 Å². The largest absolute Gasteiger partial charge is 0.0625 e. The minimum atomic E-state index is 0.627. The van der Waals surface area contributed by atoms with Crippen molar-refractivity contribution in [3.05, 3.63) is 0 Å². The molecular formula is C15H30. The first-order valence-corrected chi connectivity index (χ1v) is 6.77. The van der Waals surface area contributed by atoms with Gasteiger partial charge in [0.25, 0.3) is 0 Å². The van der Waals surface area contributed by atoms with Gasteiger partial charge in [0.1, 0.15) is 0 Å². The molecule has 0 radical (unpaired) electrons. The van der Waals surface area contributed by atoms with Gasteiger partial charge in [0.15, 0.2) is 0 Å². The van der Waals surface area contributed by atoms with Crippen LogP contribution in [0.4, 0.5) is 0 Å². The molecule has 1 saturated carbocycles. The van der Waals surface area contributed by atoms with Crippen LogP contribution >= 0.6 is 0 Å². The number of hydrogen-bond donors (Lipinski definition) is 0. The van der Waals surface area contributed by atoms with Gasteiger partial charge >= 0.3 is 0 Å². The van der Waals surface area contributed by atoms with Crippen molar-refractivity contribution in [1.82, 2.24) is 0 Å². The highest BCUT2D eigenvalue weighted by Crippen LogP contribution is 2.72. The van der Waals surface area contributed by atoms with Gasteiger partial charge in [0, 0.05) is 0 Å². The van der Waals surface area contributed by atoms with Crippen LogP contribution in [0.3, 0.4) is 0 Å². The zero-order chi connectivity index (χ0) is 12.0. The summed E-state index contributed by atoms with van der Waals surface area (Å²) in [6, 6.07) is 0. The van der Waals surface area contributed by atoms with Crippen molar-refractivity contribution < 1.29 is 0 Å². The fraction of sp³-hybridized carbons (Fsp3) is 1.00. The first-order chi connectivity index (χ1) is 6.77. The van der Waals surface area contributed by atoms with E-state index in [0.29, 0.717) is 5.41 Å². The molecule has 1 rings (SSSR count). The summed E-state index contributed by atoms with van der Waals surface area (Å²) in [5.74, 6) is 5.27. The summed E-state index contributed by atoms with van der Waals surface area (Å²) in [7, 11) is 0. The molecule has 1 aliphatic rings. The minimum absolute atomic E-state index is 0.627. The highest BCUT2D eigenvalue weighted by molar-refractivity contribution is 5.14. The average molecular weight is 210 g/mol. The molecule has 0 bridgehead atoms. The van der Waals surface area contributed by atoms with Crippen LogP contribution < -0.4 is 0 Å². The van der Waals surface area contributed by atoms with Crippen LogP contribution in [-0.4, -0.2) is 0 Å². The topological polar surface area (TPSA) is 0 Å². The van der Waals surface area contributed by atoms with E-state index in [0.717, 1.165) is 35.5 Å². The summed E-state index contributed by atoms with van der Waals surface area (Å²) in [4.78, 5) is 0. The van der Waals surface area contributed by atoms with Gasteiger partial charge in [-0.25, -0.2) is 0 Å².